The number of benzene rings is 1. The monoisotopic (exact) mass is 589 g/mol. The highest BCUT2D eigenvalue weighted by Crippen LogP contribution is 2.60. The van der Waals surface area contributed by atoms with Gasteiger partial charge >= 0.3 is 12.1 Å². The van der Waals surface area contributed by atoms with Crippen LogP contribution in [0.4, 0.5) is 4.79 Å². The van der Waals surface area contributed by atoms with E-state index in [1.165, 1.54) is 45.6 Å². The zero-order chi connectivity index (χ0) is 30.4. The minimum Gasteiger partial charge on any atom is -0.467 e. The van der Waals surface area contributed by atoms with Gasteiger partial charge in [0.05, 0.1) is 7.11 Å². The Balaban J connectivity index is 1.19. The van der Waals surface area contributed by atoms with E-state index in [2.05, 4.69) is 20.6 Å². The number of fused-ring (bicyclic) bond motifs is 1. The molecule has 0 spiro atoms. The molecule has 10 nitrogen and oxygen atoms in total. The maximum absolute atomic E-state index is 13.7. The largest absolute Gasteiger partial charge is 0.467 e. The molecule has 1 aromatic carbocycles. The number of imidazole rings is 1. The van der Waals surface area contributed by atoms with Gasteiger partial charge in [-0.3, -0.25) is 4.79 Å². The number of rotatable bonds is 9. The first-order chi connectivity index (χ1) is 20.5. The summed E-state index contributed by atoms with van der Waals surface area (Å²) in [5.74, 6) is 2.30. The number of nitrogens with one attached hydrogen (secondary N) is 4. The van der Waals surface area contributed by atoms with E-state index in [-0.39, 0.29) is 18.3 Å². The molecule has 4 saturated carbocycles. The molecule has 0 saturated heterocycles. The fraction of sp³-hybridized carbons (Fsp3) is 0.576. The van der Waals surface area contributed by atoms with Gasteiger partial charge in [-0.25, -0.2) is 14.6 Å². The highest BCUT2D eigenvalue weighted by molar-refractivity contribution is 5.91. The number of esters is 1. The second-order valence-corrected chi connectivity index (χ2v) is 14.0. The van der Waals surface area contributed by atoms with Gasteiger partial charge in [0, 0.05) is 47.2 Å². The van der Waals surface area contributed by atoms with Crippen LogP contribution in [0.2, 0.25) is 0 Å². The lowest BCUT2D eigenvalue weighted by molar-refractivity contribution is -0.145. The molecule has 4 aliphatic rings. The van der Waals surface area contributed by atoms with Crippen molar-refractivity contribution in [1.82, 2.24) is 25.6 Å². The summed E-state index contributed by atoms with van der Waals surface area (Å²) in [6.07, 6.45) is 10.9. The van der Waals surface area contributed by atoms with Crippen molar-refractivity contribution in [2.75, 3.05) is 7.11 Å². The van der Waals surface area contributed by atoms with Crippen LogP contribution in [0.15, 0.2) is 36.7 Å². The number of aromatic amines is 2. The standard InChI is InChI=1S/C33H43N5O5/c1-32(2,3)43-31(41)38-26(12-22-17-34-25-8-6-5-7-24(22)25)28(39)37-27(29(40)42-4)13-23-18-35-30(36-23)33-14-19-9-20(15-33)11-21(10-19)16-33/h5-8,17-21,26-27,34H,9-16H2,1-4H3,(H,35,36)(H,37,39)(H,38,41)/t19?,20?,21?,26-,27-,33?/m0/s1. The zero-order valence-electron chi connectivity index (χ0n) is 25.5. The van der Waals surface area contributed by atoms with Crippen LogP contribution in [-0.4, -0.2) is 57.7 Å². The third-order valence-electron chi connectivity index (χ3n) is 9.50. The molecule has 7 rings (SSSR count). The maximum atomic E-state index is 13.7. The molecular formula is C33H43N5O5. The number of hydrogen-bond acceptors (Lipinski definition) is 6. The number of ether oxygens (including phenoxy) is 2. The number of alkyl carbamates (subject to hydrolysis) is 1. The van der Waals surface area contributed by atoms with Crippen LogP contribution in [0.3, 0.4) is 0 Å². The van der Waals surface area contributed by atoms with Crippen LogP contribution in [0.5, 0.6) is 0 Å². The van der Waals surface area contributed by atoms with Crippen LogP contribution < -0.4 is 10.6 Å². The summed E-state index contributed by atoms with van der Waals surface area (Å²) in [6.45, 7) is 5.28. The molecule has 4 bridgehead atoms. The van der Waals surface area contributed by atoms with E-state index in [4.69, 9.17) is 14.5 Å². The fourth-order valence-corrected chi connectivity index (χ4v) is 8.14. The van der Waals surface area contributed by atoms with Crippen LogP contribution >= 0.6 is 0 Å². The van der Waals surface area contributed by atoms with Crippen molar-refractivity contribution in [2.24, 2.45) is 17.8 Å². The van der Waals surface area contributed by atoms with Gasteiger partial charge < -0.3 is 30.1 Å². The second kappa shape index (κ2) is 11.4. The number of carbonyl (C=O) groups is 3. The molecule has 2 aromatic heterocycles. The van der Waals surface area contributed by atoms with Crippen molar-refractivity contribution in [3.8, 4) is 0 Å². The molecule has 2 amide bonds. The van der Waals surface area contributed by atoms with Crippen LogP contribution in [0.1, 0.15) is 76.4 Å². The number of H-pyrrole nitrogens is 2. The Bertz CT molecular complexity index is 1470. The topological polar surface area (TPSA) is 138 Å². The first-order valence-corrected chi connectivity index (χ1v) is 15.5. The minimum atomic E-state index is -0.995. The molecule has 2 heterocycles. The molecule has 10 heteroatoms. The van der Waals surface area contributed by atoms with Crippen molar-refractivity contribution in [3.63, 3.8) is 0 Å². The Hall–Kier alpha value is -3.82. The molecule has 4 fully saturated rings. The lowest BCUT2D eigenvalue weighted by Crippen LogP contribution is -2.54. The smallest absolute Gasteiger partial charge is 0.408 e. The van der Waals surface area contributed by atoms with Crippen molar-refractivity contribution >= 4 is 28.9 Å². The molecule has 4 aliphatic carbocycles. The normalized spacial score (nSPS) is 25.7. The van der Waals surface area contributed by atoms with Gasteiger partial charge in [0.15, 0.2) is 0 Å². The van der Waals surface area contributed by atoms with Crippen LogP contribution in [0.25, 0.3) is 10.9 Å². The third-order valence-corrected chi connectivity index (χ3v) is 9.50. The summed E-state index contributed by atoms with van der Waals surface area (Å²) < 4.78 is 10.5. The molecule has 0 aliphatic heterocycles. The van der Waals surface area contributed by atoms with E-state index in [1.54, 1.807) is 27.0 Å². The van der Waals surface area contributed by atoms with E-state index in [1.807, 2.05) is 30.5 Å². The highest BCUT2D eigenvalue weighted by atomic mass is 16.6. The van der Waals surface area contributed by atoms with Crippen molar-refractivity contribution in [2.45, 2.75) is 95.2 Å². The third kappa shape index (κ3) is 6.28. The van der Waals surface area contributed by atoms with Gasteiger partial charge in [-0.05, 0) is 88.7 Å². The quantitative estimate of drug-likeness (QED) is 0.267. The first-order valence-electron chi connectivity index (χ1n) is 15.5. The Kier molecular flexibility index (Phi) is 7.73. The molecular weight excluding hydrogens is 546 g/mol. The van der Waals surface area contributed by atoms with Crippen molar-refractivity contribution in [3.05, 3.63) is 53.7 Å². The highest BCUT2D eigenvalue weighted by Gasteiger charge is 2.53. The van der Waals surface area contributed by atoms with Crippen LogP contribution in [0, 0.1) is 17.8 Å². The molecule has 2 atom stereocenters. The molecule has 0 unspecified atom stereocenters. The van der Waals surface area contributed by atoms with E-state index < -0.39 is 35.7 Å². The van der Waals surface area contributed by atoms with E-state index >= 15 is 0 Å². The predicted octanol–water partition coefficient (Wildman–Crippen LogP) is 4.70. The lowest BCUT2D eigenvalue weighted by atomic mass is 9.49. The molecule has 0 radical (unpaired) electrons. The SMILES string of the molecule is COC(=O)[C@H](Cc1cnc(C23CC4CC(CC(C4)C2)C3)[nH]1)NC(=O)[C@H](Cc1c[nH]c2ccccc12)NC(=O)OC(C)(C)C. The molecule has 230 valence electrons. The summed E-state index contributed by atoms with van der Waals surface area (Å²) in [6, 6.07) is 5.80. The second-order valence-electron chi connectivity index (χ2n) is 14.0. The van der Waals surface area contributed by atoms with Crippen molar-refractivity contribution in [1.29, 1.82) is 0 Å². The number of aromatic nitrogens is 3. The molecule has 3 aromatic rings. The number of carbonyl (C=O) groups excluding carboxylic acids is 3. The molecule has 43 heavy (non-hydrogen) atoms. The Morgan fingerprint density at radius 1 is 1.00 bits per heavy atom. The molecule has 4 N–H and O–H groups in total. The Morgan fingerprint density at radius 3 is 2.33 bits per heavy atom. The average molecular weight is 590 g/mol. The lowest BCUT2D eigenvalue weighted by Gasteiger charge is -2.56. The first kappa shape index (κ1) is 29.3. The Morgan fingerprint density at radius 2 is 1.67 bits per heavy atom. The van der Waals surface area contributed by atoms with E-state index in [0.29, 0.717) is 0 Å². The van der Waals surface area contributed by atoms with Gasteiger partial charge in [-0.2, -0.15) is 0 Å². The number of methoxy groups -OCH3 is 1. The van der Waals surface area contributed by atoms with Crippen molar-refractivity contribution < 1.29 is 23.9 Å². The van der Waals surface area contributed by atoms with Gasteiger partial charge in [0.1, 0.15) is 23.5 Å². The summed E-state index contributed by atoms with van der Waals surface area (Å²) in [7, 11) is 1.30. The number of amides is 2. The van der Waals surface area contributed by atoms with Gasteiger partial charge in [0.2, 0.25) is 5.91 Å². The fourth-order valence-electron chi connectivity index (χ4n) is 8.14. The number of para-hydroxylation sites is 1. The zero-order valence-corrected chi connectivity index (χ0v) is 25.5. The maximum Gasteiger partial charge on any atom is 0.408 e. The Labute approximate surface area is 252 Å². The summed E-state index contributed by atoms with van der Waals surface area (Å²) in [4.78, 5) is 51.0. The summed E-state index contributed by atoms with van der Waals surface area (Å²) in [5.41, 5.74) is 1.91. The van der Waals surface area contributed by atoms with Gasteiger partial charge in [-0.15, -0.1) is 0 Å². The minimum absolute atomic E-state index is 0.0960. The van der Waals surface area contributed by atoms with E-state index in [0.717, 1.165) is 45.7 Å². The summed E-state index contributed by atoms with van der Waals surface area (Å²) in [5, 5.41) is 6.52. The average Bonchev–Trinajstić information content (AvgIpc) is 3.58. The van der Waals surface area contributed by atoms with E-state index in [9.17, 15) is 14.4 Å². The van der Waals surface area contributed by atoms with Gasteiger partial charge in [0.25, 0.3) is 0 Å². The number of hydrogen-bond donors (Lipinski definition) is 4. The van der Waals surface area contributed by atoms with Gasteiger partial charge in [-0.1, -0.05) is 18.2 Å². The van der Waals surface area contributed by atoms with Crippen LogP contribution in [-0.2, 0) is 37.3 Å². The number of nitrogens with zero attached hydrogens (tertiary/aromatic N) is 1. The predicted molar refractivity (Wildman–Crippen MR) is 161 cm³/mol. The summed E-state index contributed by atoms with van der Waals surface area (Å²) >= 11 is 0.